The molecule has 6 heteroatoms. The third-order valence-electron chi connectivity index (χ3n) is 4.80. The van der Waals surface area contributed by atoms with Crippen molar-refractivity contribution in [2.45, 2.75) is 45.6 Å². The molecule has 0 radical (unpaired) electrons. The predicted molar refractivity (Wildman–Crippen MR) is 90.7 cm³/mol. The number of pyridine rings is 1. The molecule has 4 nitrogen and oxygen atoms in total. The molecule has 0 aliphatic heterocycles. The zero-order chi connectivity index (χ0) is 18.0. The normalized spacial score (nSPS) is 15.5. The van der Waals surface area contributed by atoms with Gasteiger partial charge < -0.3 is 9.30 Å². The molecule has 134 valence electrons. The van der Waals surface area contributed by atoms with Crippen molar-refractivity contribution in [1.29, 1.82) is 0 Å². The first-order valence-electron chi connectivity index (χ1n) is 8.70. The Kier molecular flexibility index (Phi) is 5.16. The Morgan fingerprint density at radius 3 is 2.56 bits per heavy atom. The number of ether oxygens (including phenoxy) is 1. The van der Waals surface area contributed by atoms with Gasteiger partial charge in [-0.2, -0.15) is 0 Å². The summed E-state index contributed by atoms with van der Waals surface area (Å²) in [5, 5.41) is 0.000243. The van der Waals surface area contributed by atoms with Crippen LogP contribution in [0.5, 0.6) is 0 Å². The summed E-state index contributed by atoms with van der Waals surface area (Å²) in [6.07, 6.45) is 7.00. The fraction of sp³-hybridized carbons (Fsp3) is 0.474. The van der Waals surface area contributed by atoms with Crippen LogP contribution in [0.4, 0.5) is 8.78 Å². The number of nitrogens with zero attached hydrogens (tertiary/aromatic N) is 1. The quantitative estimate of drug-likeness (QED) is 0.783. The van der Waals surface area contributed by atoms with Crippen LogP contribution in [0.15, 0.2) is 23.1 Å². The molecular weight excluding hydrogens is 328 g/mol. The Bertz CT molecular complexity index is 854. The first-order chi connectivity index (χ1) is 12.0. The van der Waals surface area contributed by atoms with Crippen molar-refractivity contribution in [3.8, 4) is 0 Å². The van der Waals surface area contributed by atoms with Gasteiger partial charge in [-0.15, -0.1) is 0 Å². The standard InChI is InChI=1S/C19H21F2NO3/c1-2-25-19(24)14-11-22(10-12-6-4-3-5-7-12)17-9-16(21)15(20)8-13(17)18(14)23/h8-9,11-12H,2-7,10H2,1H3. The highest BCUT2D eigenvalue weighted by Crippen LogP contribution is 2.27. The average molecular weight is 349 g/mol. The van der Waals surface area contributed by atoms with Gasteiger partial charge in [0.25, 0.3) is 0 Å². The maximum Gasteiger partial charge on any atom is 0.343 e. The van der Waals surface area contributed by atoms with Gasteiger partial charge in [0.15, 0.2) is 11.6 Å². The summed E-state index contributed by atoms with van der Waals surface area (Å²) in [7, 11) is 0. The molecule has 0 saturated heterocycles. The van der Waals surface area contributed by atoms with E-state index in [0.29, 0.717) is 18.0 Å². The summed E-state index contributed by atoms with van der Waals surface area (Å²) in [6, 6.07) is 1.90. The lowest BCUT2D eigenvalue weighted by Gasteiger charge is -2.24. The number of hydrogen-bond donors (Lipinski definition) is 0. The van der Waals surface area contributed by atoms with Gasteiger partial charge in [-0.1, -0.05) is 19.3 Å². The van der Waals surface area contributed by atoms with Gasteiger partial charge in [-0.3, -0.25) is 4.79 Å². The highest BCUT2D eigenvalue weighted by molar-refractivity contribution is 5.93. The van der Waals surface area contributed by atoms with Crippen molar-refractivity contribution >= 4 is 16.9 Å². The minimum Gasteiger partial charge on any atom is -0.462 e. The maximum absolute atomic E-state index is 13.7. The molecule has 0 atom stereocenters. The molecule has 0 N–H and O–H groups in total. The van der Waals surface area contributed by atoms with Crippen LogP contribution in [-0.2, 0) is 11.3 Å². The number of halogens is 2. The van der Waals surface area contributed by atoms with Gasteiger partial charge in [0, 0.05) is 24.2 Å². The first kappa shape index (κ1) is 17.6. The van der Waals surface area contributed by atoms with E-state index in [0.717, 1.165) is 37.8 Å². The van der Waals surface area contributed by atoms with Crippen LogP contribution in [0, 0.1) is 17.6 Å². The largest absolute Gasteiger partial charge is 0.462 e. The van der Waals surface area contributed by atoms with E-state index >= 15 is 0 Å². The molecule has 1 aromatic carbocycles. The molecule has 1 heterocycles. The molecule has 0 unspecified atom stereocenters. The zero-order valence-electron chi connectivity index (χ0n) is 14.2. The van der Waals surface area contributed by atoms with E-state index in [1.54, 1.807) is 11.5 Å². The molecule has 1 saturated carbocycles. The second-order valence-corrected chi connectivity index (χ2v) is 6.53. The minimum absolute atomic E-state index is 0.000243. The van der Waals surface area contributed by atoms with Crippen molar-refractivity contribution in [3.63, 3.8) is 0 Å². The summed E-state index contributed by atoms with van der Waals surface area (Å²) in [5.41, 5.74) is -0.467. The summed E-state index contributed by atoms with van der Waals surface area (Å²) in [4.78, 5) is 24.7. The van der Waals surface area contributed by atoms with Gasteiger partial charge >= 0.3 is 5.97 Å². The molecule has 1 aromatic heterocycles. The van der Waals surface area contributed by atoms with Crippen molar-refractivity contribution in [2.75, 3.05) is 6.61 Å². The highest BCUT2D eigenvalue weighted by Gasteiger charge is 2.21. The fourth-order valence-corrected chi connectivity index (χ4v) is 3.54. The van der Waals surface area contributed by atoms with E-state index in [9.17, 15) is 18.4 Å². The number of carbonyl (C=O) groups is 1. The van der Waals surface area contributed by atoms with Gasteiger partial charge in [0.05, 0.1) is 12.1 Å². The Labute approximate surface area is 144 Å². The summed E-state index contributed by atoms with van der Waals surface area (Å²) in [5.74, 6) is -2.46. The van der Waals surface area contributed by atoms with Crippen LogP contribution < -0.4 is 5.43 Å². The fourth-order valence-electron chi connectivity index (χ4n) is 3.54. The predicted octanol–water partition coefficient (Wildman–Crippen LogP) is 4.04. The lowest BCUT2D eigenvalue weighted by molar-refractivity contribution is 0.0524. The van der Waals surface area contributed by atoms with E-state index in [4.69, 9.17) is 4.74 Å². The monoisotopic (exact) mass is 349 g/mol. The van der Waals surface area contributed by atoms with Crippen LogP contribution in [-0.4, -0.2) is 17.1 Å². The molecule has 3 rings (SSSR count). The van der Waals surface area contributed by atoms with E-state index in [1.807, 2.05) is 0 Å². The average Bonchev–Trinajstić information content (AvgIpc) is 2.60. The summed E-state index contributed by atoms with van der Waals surface area (Å²) < 4.78 is 34.0. The van der Waals surface area contributed by atoms with Crippen LogP contribution >= 0.6 is 0 Å². The number of carbonyl (C=O) groups excluding carboxylic acids is 1. The molecule has 0 amide bonds. The van der Waals surface area contributed by atoms with Crippen molar-refractivity contribution in [1.82, 2.24) is 4.57 Å². The minimum atomic E-state index is -1.10. The Morgan fingerprint density at radius 1 is 1.20 bits per heavy atom. The smallest absolute Gasteiger partial charge is 0.343 e. The molecule has 25 heavy (non-hydrogen) atoms. The van der Waals surface area contributed by atoms with Gasteiger partial charge in [0.1, 0.15) is 5.56 Å². The molecule has 0 bridgehead atoms. The van der Waals surface area contributed by atoms with Crippen LogP contribution in [0.1, 0.15) is 49.4 Å². The Morgan fingerprint density at radius 2 is 1.88 bits per heavy atom. The molecule has 1 aliphatic carbocycles. The number of aromatic nitrogens is 1. The van der Waals surface area contributed by atoms with Crippen LogP contribution in [0.2, 0.25) is 0 Å². The molecule has 1 fully saturated rings. The highest BCUT2D eigenvalue weighted by atomic mass is 19.2. The van der Waals surface area contributed by atoms with Crippen LogP contribution in [0.3, 0.4) is 0 Å². The van der Waals surface area contributed by atoms with E-state index in [1.165, 1.54) is 12.6 Å². The SMILES string of the molecule is CCOC(=O)c1cn(CC2CCCCC2)c2cc(F)c(F)cc2c1=O. The number of fused-ring (bicyclic) bond motifs is 1. The number of benzene rings is 1. The first-order valence-corrected chi connectivity index (χ1v) is 8.70. The number of rotatable bonds is 4. The van der Waals surface area contributed by atoms with Gasteiger partial charge in [0.2, 0.25) is 5.43 Å². The second-order valence-electron chi connectivity index (χ2n) is 6.53. The van der Waals surface area contributed by atoms with Gasteiger partial charge in [-0.05, 0) is 31.7 Å². The second kappa shape index (κ2) is 7.33. The van der Waals surface area contributed by atoms with Crippen molar-refractivity contribution < 1.29 is 18.3 Å². The van der Waals surface area contributed by atoms with Crippen molar-refractivity contribution in [3.05, 3.63) is 45.8 Å². The molecule has 2 aromatic rings. The maximum atomic E-state index is 13.7. The Balaban J connectivity index is 2.14. The zero-order valence-corrected chi connectivity index (χ0v) is 14.2. The molecule has 0 spiro atoms. The van der Waals surface area contributed by atoms with Crippen molar-refractivity contribution in [2.24, 2.45) is 5.92 Å². The third kappa shape index (κ3) is 3.57. The van der Waals surface area contributed by atoms with E-state index < -0.39 is 23.0 Å². The Hall–Kier alpha value is -2.24. The van der Waals surface area contributed by atoms with Gasteiger partial charge in [-0.25, -0.2) is 13.6 Å². The molecule has 1 aliphatic rings. The van der Waals surface area contributed by atoms with Crippen LogP contribution in [0.25, 0.3) is 10.9 Å². The number of esters is 1. The topological polar surface area (TPSA) is 48.3 Å². The van der Waals surface area contributed by atoms with E-state index in [2.05, 4.69) is 0 Å². The summed E-state index contributed by atoms with van der Waals surface area (Å²) >= 11 is 0. The molecular formula is C19H21F2NO3. The van der Waals surface area contributed by atoms with E-state index in [-0.39, 0.29) is 17.6 Å². The summed E-state index contributed by atoms with van der Waals surface area (Å²) in [6.45, 7) is 2.35. The number of hydrogen-bond acceptors (Lipinski definition) is 3. The lowest BCUT2D eigenvalue weighted by Crippen LogP contribution is -2.23. The lowest BCUT2D eigenvalue weighted by atomic mass is 9.89. The third-order valence-corrected chi connectivity index (χ3v) is 4.80.